The minimum absolute atomic E-state index is 0.0455. The van der Waals surface area contributed by atoms with Gasteiger partial charge in [-0.25, -0.2) is 4.39 Å². The van der Waals surface area contributed by atoms with Crippen molar-refractivity contribution in [2.45, 2.75) is 31.0 Å². The Balaban J connectivity index is 1.90. The van der Waals surface area contributed by atoms with Gasteiger partial charge in [-0.05, 0) is 42.5 Å². The molecule has 0 bridgehead atoms. The number of hydrogen-bond acceptors (Lipinski definition) is 5. The molecule has 3 rings (SSSR count). The summed E-state index contributed by atoms with van der Waals surface area (Å²) in [5.74, 6) is 0.303. The van der Waals surface area contributed by atoms with E-state index in [9.17, 15) is 9.50 Å². The van der Waals surface area contributed by atoms with Gasteiger partial charge in [-0.1, -0.05) is 0 Å². The Morgan fingerprint density at radius 3 is 2.79 bits per heavy atom. The fourth-order valence-electron chi connectivity index (χ4n) is 3.80. The van der Waals surface area contributed by atoms with E-state index in [1.54, 1.807) is 13.2 Å². The third-order valence-corrected chi connectivity index (χ3v) is 5.13. The average Bonchev–Trinajstić information content (AvgIpc) is 2.63. The molecule has 1 aromatic rings. The molecule has 2 aliphatic rings. The summed E-state index contributed by atoms with van der Waals surface area (Å²) < 4.78 is 30.4. The molecule has 134 valence electrons. The van der Waals surface area contributed by atoms with E-state index in [1.807, 2.05) is 0 Å². The van der Waals surface area contributed by atoms with E-state index < -0.39 is 5.60 Å². The summed E-state index contributed by atoms with van der Waals surface area (Å²) in [6.07, 6.45) is 1.51. The molecule has 24 heavy (non-hydrogen) atoms. The number of nitrogens with one attached hydrogen (secondary N) is 1. The largest absolute Gasteiger partial charge is 0.496 e. The van der Waals surface area contributed by atoms with Crippen molar-refractivity contribution in [2.75, 3.05) is 40.0 Å². The first-order chi connectivity index (χ1) is 11.6. The number of morpholine rings is 1. The minimum atomic E-state index is -1.09. The smallest absolute Gasteiger partial charge is 0.123 e. The lowest BCUT2D eigenvalue weighted by molar-refractivity contribution is -0.163. The van der Waals surface area contributed by atoms with Crippen LogP contribution >= 0.6 is 0 Å². The number of halogens is 1. The number of hydrogen-bond donors (Lipinski definition) is 2. The van der Waals surface area contributed by atoms with Crippen LogP contribution in [0.4, 0.5) is 4.39 Å². The first kappa shape index (κ1) is 17.6. The lowest BCUT2D eigenvalue weighted by atomic mass is 9.74. The van der Waals surface area contributed by atoms with Gasteiger partial charge in [0.05, 0.1) is 25.4 Å². The van der Waals surface area contributed by atoms with Crippen molar-refractivity contribution in [1.29, 1.82) is 0 Å². The van der Waals surface area contributed by atoms with Crippen molar-refractivity contribution in [2.24, 2.45) is 5.92 Å². The lowest BCUT2D eigenvalue weighted by Gasteiger charge is -2.45. The van der Waals surface area contributed by atoms with Crippen LogP contribution in [0.2, 0.25) is 0 Å². The van der Waals surface area contributed by atoms with Crippen molar-refractivity contribution < 1.29 is 23.7 Å². The molecule has 0 spiro atoms. The zero-order valence-electron chi connectivity index (χ0n) is 14.1. The minimum Gasteiger partial charge on any atom is -0.496 e. The molecule has 2 aliphatic heterocycles. The van der Waals surface area contributed by atoms with Gasteiger partial charge in [0, 0.05) is 32.7 Å². The van der Waals surface area contributed by atoms with E-state index in [1.165, 1.54) is 12.1 Å². The summed E-state index contributed by atoms with van der Waals surface area (Å²) in [6, 6.07) is 4.42. The third kappa shape index (κ3) is 3.72. The SMILES string of the molecule is COc1ccc(F)cc1C[C@@](O)(C1CCOCC1)C1CNCCO1. The van der Waals surface area contributed by atoms with E-state index in [4.69, 9.17) is 14.2 Å². The van der Waals surface area contributed by atoms with Gasteiger partial charge in [0.25, 0.3) is 0 Å². The van der Waals surface area contributed by atoms with Gasteiger partial charge in [-0.2, -0.15) is 0 Å². The molecule has 2 N–H and O–H groups in total. The van der Waals surface area contributed by atoms with Crippen LogP contribution in [0.25, 0.3) is 0 Å². The lowest BCUT2D eigenvalue weighted by Crippen LogP contribution is -2.59. The number of benzene rings is 1. The van der Waals surface area contributed by atoms with Crippen molar-refractivity contribution in [3.8, 4) is 5.75 Å². The van der Waals surface area contributed by atoms with Crippen molar-refractivity contribution >= 4 is 0 Å². The topological polar surface area (TPSA) is 60.0 Å². The molecule has 2 atom stereocenters. The molecule has 0 aromatic heterocycles. The maximum absolute atomic E-state index is 13.7. The first-order valence-corrected chi connectivity index (χ1v) is 8.58. The summed E-state index contributed by atoms with van der Waals surface area (Å²) in [5.41, 5.74) is -0.418. The van der Waals surface area contributed by atoms with Gasteiger partial charge >= 0.3 is 0 Å². The summed E-state index contributed by atoms with van der Waals surface area (Å²) in [4.78, 5) is 0. The fraction of sp³-hybridized carbons (Fsp3) is 0.667. The molecule has 1 unspecified atom stereocenters. The maximum atomic E-state index is 13.7. The van der Waals surface area contributed by atoms with E-state index in [0.717, 1.165) is 19.4 Å². The number of rotatable bonds is 5. The van der Waals surface area contributed by atoms with Crippen LogP contribution in [0.1, 0.15) is 18.4 Å². The Hall–Kier alpha value is -1.21. The fourth-order valence-corrected chi connectivity index (χ4v) is 3.80. The van der Waals surface area contributed by atoms with E-state index >= 15 is 0 Å². The Labute approximate surface area is 142 Å². The van der Waals surface area contributed by atoms with Gasteiger partial charge in [-0.3, -0.25) is 0 Å². The second kappa shape index (κ2) is 7.78. The van der Waals surface area contributed by atoms with Crippen LogP contribution in [-0.4, -0.2) is 56.8 Å². The number of ether oxygens (including phenoxy) is 3. The normalized spacial score (nSPS) is 25.2. The van der Waals surface area contributed by atoms with Crippen molar-refractivity contribution in [3.05, 3.63) is 29.6 Å². The highest BCUT2D eigenvalue weighted by Crippen LogP contribution is 2.37. The van der Waals surface area contributed by atoms with Crippen molar-refractivity contribution in [3.63, 3.8) is 0 Å². The van der Waals surface area contributed by atoms with E-state index in [-0.39, 0.29) is 17.8 Å². The van der Waals surface area contributed by atoms with Gasteiger partial charge in [0.2, 0.25) is 0 Å². The standard InChI is InChI=1S/C18H26FNO4/c1-22-16-3-2-15(19)10-13(16)11-18(21,14-4-7-23-8-5-14)17-12-20-6-9-24-17/h2-3,10,14,17,20-21H,4-9,11-12H2,1H3/t17?,18-/m1/s1. The summed E-state index contributed by atoms with van der Waals surface area (Å²) in [5, 5.41) is 14.9. The molecule has 0 saturated carbocycles. The summed E-state index contributed by atoms with van der Waals surface area (Å²) in [6.45, 7) is 3.20. The highest BCUT2D eigenvalue weighted by atomic mass is 19.1. The Kier molecular flexibility index (Phi) is 5.71. The molecule has 2 saturated heterocycles. The van der Waals surface area contributed by atoms with Crippen LogP contribution in [0, 0.1) is 11.7 Å². The Morgan fingerprint density at radius 2 is 2.12 bits per heavy atom. The number of methoxy groups -OCH3 is 1. The van der Waals surface area contributed by atoms with Crippen molar-refractivity contribution in [1.82, 2.24) is 5.32 Å². The zero-order valence-corrected chi connectivity index (χ0v) is 14.1. The van der Waals surface area contributed by atoms with Gasteiger partial charge in [0.15, 0.2) is 0 Å². The molecule has 2 fully saturated rings. The second-order valence-electron chi connectivity index (χ2n) is 6.57. The number of aliphatic hydroxyl groups is 1. The summed E-state index contributed by atoms with van der Waals surface area (Å²) in [7, 11) is 1.56. The maximum Gasteiger partial charge on any atom is 0.123 e. The molecule has 5 nitrogen and oxygen atoms in total. The first-order valence-electron chi connectivity index (χ1n) is 8.58. The third-order valence-electron chi connectivity index (χ3n) is 5.13. The molecule has 0 radical (unpaired) electrons. The van der Waals surface area contributed by atoms with Crippen LogP contribution in [-0.2, 0) is 15.9 Å². The molecule has 2 heterocycles. The van der Waals surface area contributed by atoms with Crippen LogP contribution in [0.3, 0.4) is 0 Å². The molecular formula is C18H26FNO4. The van der Waals surface area contributed by atoms with E-state index in [0.29, 0.717) is 44.1 Å². The quantitative estimate of drug-likeness (QED) is 0.852. The predicted molar refractivity (Wildman–Crippen MR) is 87.8 cm³/mol. The molecule has 0 aliphatic carbocycles. The zero-order chi connectivity index (χ0) is 17.0. The van der Waals surface area contributed by atoms with Crippen LogP contribution in [0.5, 0.6) is 5.75 Å². The highest BCUT2D eigenvalue weighted by molar-refractivity contribution is 5.35. The van der Waals surface area contributed by atoms with Crippen LogP contribution < -0.4 is 10.1 Å². The Morgan fingerprint density at radius 1 is 1.33 bits per heavy atom. The highest BCUT2D eigenvalue weighted by Gasteiger charge is 2.46. The van der Waals surface area contributed by atoms with Gasteiger partial charge in [0.1, 0.15) is 11.6 Å². The predicted octanol–water partition coefficient (Wildman–Crippen LogP) is 1.52. The molecule has 6 heteroatoms. The monoisotopic (exact) mass is 339 g/mol. The Bertz CT molecular complexity index is 524. The van der Waals surface area contributed by atoms with Gasteiger partial charge in [-0.15, -0.1) is 0 Å². The average molecular weight is 339 g/mol. The van der Waals surface area contributed by atoms with Crippen LogP contribution in [0.15, 0.2) is 18.2 Å². The second-order valence-corrected chi connectivity index (χ2v) is 6.57. The van der Waals surface area contributed by atoms with Gasteiger partial charge < -0.3 is 24.6 Å². The molecular weight excluding hydrogens is 313 g/mol. The summed E-state index contributed by atoms with van der Waals surface area (Å²) >= 11 is 0. The van der Waals surface area contributed by atoms with E-state index in [2.05, 4.69) is 5.32 Å². The molecule has 1 aromatic carbocycles. The molecule has 0 amide bonds.